The molecule has 128 valence electrons. The van der Waals surface area contributed by atoms with Gasteiger partial charge in [0.2, 0.25) is 6.79 Å². The van der Waals surface area contributed by atoms with E-state index in [-0.39, 0.29) is 6.79 Å². The van der Waals surface area contributed by atoms with Gasteiger partial charge in [-0.1, -0.05) is 0 Å². The van der Waals surface area contributed by atoms with Gasteiger partial charge in [0.05, 0.1) is 0 Å². The number of benzene rings is 1. The van der Waals surface area contributed by atoms with E-state index in [0.29, 0.717) is 28.8 Å². The zero-order valence-electron chi connectivity index (χ0n) is 13.6. The molecule has 1 aromatic carbocycles. The van der Waals surface area contributed by atoms with E-state index in [0.717, 1.165) is 0 Å². The molecule has 8 nitrogen and oxygen atoms in total. The largest absolute Gasteiger partial charge is 0.464 e. The Kier molecular flexibility index (Phi) is 3.28. The second-order valence-corrected chi connectivity index (χ2v) is 5.85. The maximum atomic E-state index is 12.8. The van der Waals surface area contributed by atoms with E-state index in [1.165, 1.54) is 11.8 Å². The molecule has 0 aliphatic carbocycles. The van der Waals surface area contributed by atoms with Crippen molar-refractivity contribution in [2.75, 3.05) is 24.1 Å². The lowest BCUT2D eigenvalue weighted by atomic mass is 10.0. The Balaban J connectivity index is 1.62. The summed E-state index contributed by atoms with van der Waals surface area (Å²) in [5.74, 6) is 0.794. The number of carbonyl (C=O) groups excluding carboxylic acids is 2. The standard InChI is InChI=1S/C17H15N3O5/c1-17(16(22)20(2)14-12(25-17)4-3-7-18-14)15(21)19-10-5-6-11-13(8-10)24-9-23-11/h3-8H,9H2,1-2H3,(H,19,21)/t17-/m0/s1. The number of carbonyl (C=O) groups is 2. The molecule has 0 radical (unpaired) electrons. The van der Waals surface area contributed by atoms with Crippen molar-refractivity contribution in [1.29, 1.82) is 0 Å². The number of hydrogen-bond donors (Lipinski definition) is 1. The SMILES string of the molecule is CN1C(=O)[C@](C)(C(=O)Nc2ccc3c(c2)OCO3)Oc2cccnc21. The maximum absolute atomic E-state index is 12.8. The van der Waals surface area contributed by atoms with Crippen LogP contribution in [0.5, 0.6) is 17.2 Å². The molecule has 2 aromatic rings. The molecule has 2 aliphatic rings. The smallest absolute Gasteiger partial charge is 0.281 e. The Labute approximate surface area is 143 Å². The van der Waals surface area contributed by atoms with Gasteiger partial charge < -0.3 is 19.5 Å². The lowest BCUT2D eigenvalue weighted by molar-refractivity contribution is -0.145. The van der Waals surface area contributed by atoms with E-state index in [4.69, 9.17) is 14.2 Å². The second kappa shape index (κ2) is 5.37. The van der Waals surface area contributed by atoms with Crippen molar-refractivity contribution in [2.45, 2.75) is 12.5 Å². The highest BCUT2D eigenvalue weighted by Gasteiger charge is 2.50. The van der Waals surface area contributed by atoms with E-state index in [1.54, 1.807) is 43.6 Å². The van der Waals surface area contributed by atoms with E-state index >= 15 is 0 Å². The summed E-state index contributed by atoms with van der Waals surface area (Å²) in [6.45, 7) is 1.57. The number of aromatic nitrogens is 1. The molecule has 1 atom stereocenters. The molecular weight excluding hydrogens is 326 g/mol. The van der Waals surface area contributed by atoms with Crippen LogP contribution in [0.15, 0.2) is 36.5 Å². The number of nitrogens with zero attached hydrogens (tertiary/aromatic N) is 2. The Morgan fingerprint density at radius 1 is 1.24 bits per heavy atom. The molecule has 0 spiro atoms. The Morgan fingerprint density at radius 3 is 2.88 bits per heavy atom. The van der Waals surface area contributed by atoms with Gasteiger partial charge in [-0.3, -0.25) is 14.5 Å². The third kappa shape index (κ3) is 2.34. The van der Waals surface area contributed by atoms with Gasteiger partial charge in [-0.05, 0) is 31.2 Å². The van der Waals surface area contributed by atoms with Gasteiger partial charge in [0.25, 0.3) is 17.4 Å². The van der Waals surface area contributed by atoms with Crippen molar-refractivity contribution in [3.63, 3.8) is 0 Å². The van der Waals surface area contributed by atoms with Crippen molar-refractivity contribution in [1.82, 2.24) is 4.98 Å². The van der Waals surface area contributed by atoms with Crippen molar-refractivity contribution in [3.8, 4) is 17.2 Å². The van der Waals surface area contributed by atoms with Crippen molar-refractivity contribution in [3.05, 3.63) is 36.5 Å². The molecular formula is C17H15N3O5. The first-order chi connectivity index (χ1) is 12.0. The van der Waals surface area contributed by atoms with Crippen LogP contribution in [-0.4, -0.2) is 36.2 Å². The fraction of sp³-hybridized carbons (Fsp3) is 0.235. The van der Waals surface area contributed by atoms with Crippen LogP contribution in [-0.2, 0) is 9.59 Å². The molecule has 8 heteroatoms. The molecule has 1 aromatic heterocycles. The summed E-state index contributed by atoms with van der Waals surface area (Å²) < 4.78 is 16.2. The summed E-state index contributed by atoms with van der Waals surface area (Å²) in [5.41, 5.74) is -1.23. The summed E-state index contributed by atoms with van der Waals surface area (Å²) in [4.78, 5) is 30.9. The summed E-state index contributed by atoms with van der Waals surface area (Å²) in [7, 11) is 1.56. The number of pyridine rings is 1. The van der Waals surface area contributed by atoms with Crippen LogP contribution in [0.1, 0.15) is 6.92 Å². The van der Waals surface area contributed by atoms with E-state index in [2.05, 4.69) is 10.3 Å². The molecule has 0 unspecified atom stereocenters. The third-order valence-corrected chi connectivity index (χ3v) is 4.16. The predicted octanol–water partition coefficient (Wildman–Crippen LogP) is 1.56. The second-order valence-electron chi connectivity index (χ2n) is 5.85. The molecule has 4 rings (SSSR count). The number of anilines is 2. The van der Waals surface area contributed by atoms with Crippen molar-refractivity contribution in [2.24, 2.45) is 0 Å². The first-order valence-corrected chi connectivity index (χ1v) is 7.62. The summed E-state index contributed by atoms with van der Waals surface area (Å²) in [6.07, 6.45) is 1.56. The first kappa shape index (κ1) is 15.3. The minimum Gasteiger partial charge on any atom is -0.464 e. The van der Waals surface area contributed by atoms with Crippen LogP contribution in [0.2, 0.25) is 0 Å². The maximum Gasteiger partial charge on any atom is 0.281 e. The zero-order chi connectivity index (χ0) is 17.6. The van der Waals surface area contributed by atoms with Crippen LogP contribution < -0.4 is 24.4 Å². The van der Waals surface area contributed by atoms with Gasteiger partial charge in [0, 0.05) is 25.0 Å². The van der Waals surface area contributed by atoms with Crippen molar-refractivity contribution < 1.29 is 23.8 Å². The number of nitrogens with one attached hydrogen (secondary N) is 1. The number of rotatable bonds is 2. The molecule has 0 fully saturated rings. The van der Waals surface area contributed by atoms with E-state index in [1.807, 2.05) is 0 Å². The van der Waals surface area contributed by atoms with Crippen LogP contribution in [0, 0.1) is 0 Å². The van der Waals surface area contributed by atoms with Crippen LogP contribution in [0.25, 0.3) is 0 Å². The fourth-order valence-electron chi connectivity index (χ4n) is 2.76. The molecule has 1 N–H and O–H groups in total. The number of ether oxygens (including phenoxy) is 3. The molecule has 2 amide bonds. The lowest BCUT2D eigenvalue weighted by Gasteiger charge is -2.36. The molecule has 2 aliphatic heterocycles. The van der Waals surface area contributed by atoms with E-state index in [9.17, 15) is 9.59 Å². The van der Waals surface area contributed by atoms with Crippen molar-refractivity contribution >= 4 is 23.3 Å². The molecule has 25 heavy (non-hydrogen) atoms. The lowest BCUT2D eigenvalue weighted by Crippen LogP contribution is -2.60. The van der Waals surface area contributed by atoms with Gasteiger partial charge in [-0.25, -0.2) is 4.98 Å². The number of fused-ring (bicyclic) bond motifs is 2. The van der Waals surface area contributed by atoms with Gasteiger partial charge in [-0.2, -0.15) is 0 Å². The minimum absolute atomic E-state index is 0.140. The minimum atomic E-state index is -1.71. The molecule has 0 saturated heterocycles. The topological polar surface area (TPSA) is 90.0 Å². The molecule has 0 saturated carbocycles. The number of amides is 2. The Bertz CT molecular complexity index is 884. The Hall–Kier alpha value is -3.29. The van der Waals surface area contributed by atoms with Crippen LogP contribution >= 0.6 is 0 Å². The van der Waals surface area contributed by atoms with Gasteiger partial charge in [-0.15, -0.1) is 0 Å². The van der Waals surface area contributed by atoms with Gasteiger partial charge in [0.1, 0.15) is 0 Å². The predicted molar refractivity (Wildman–Crippen MR) is 87.9 cm³/mol. The summed E-state index contributed by atoms with van der Waals surface area (Å²) in [5, 5.41) is 2.70. The van der Waals surface area contributed by atoms with Crippen LogP contribution in [0.4, 0.5) is 11.5 Å². The average molecular weight is 341 g/mol. The van der Waals surface area contributed by atoms with Gasteiger partial charge in [0.15, 0.2) is 23.1 Å². The molecule has 0 bridgehead atoms. The summed E-state index contributed by atoms with van der Waals surface area (Å²) in [6, 6.07) is 8.34. The highest BCUT2D eigenvalue weighted by Crippen LogP contribution is 2.37. The fourth-order valence-corrected chi connectivity index (χ4v) is 2.76. The molecule has 3 heterocycles. The zero-order valence-corrected chi connectivity index (χ0v) is 13.6. The number of hydrogen-bond acceptors (Lipinski definition) is 6. The third-order valence-electron chi connectivity index (χ3n) is 4.16. The number of likely N-dealkylation sites (N-methyl/N-ethyl adjacent to an activating group) is 1. The highest BCUT2D eigenvalue weighted by atomic mass is 16.7. The van der Waals surface area contributed by atoms with Gasteiger partial charge >= 0.3 is 0 Å². The monoisotopic (exact) mass is 341 g/mol. The highest BCUT2D eigenvalue weighted by molar-refractivity contribution is 6.19. The normalized spacial score (nSPS) is 20.7. The summed E-state index contributed by atoms with van der Waals surface area (Å²) >= 11 is 0. The average Bonchev–Trinajstić information content (AvgIpc) is 3.07. The van der Waals surface area contributed by atoms with Crippen LogP contribution in [0.3, 0.4) is 0 Å². The quantitative estimate of drug-likeness (QED) is 0.834. The first-order valence-electron chi connectivity index (χ1n) is 7.62. The van der Waals surface area contributed by atoms with E-state index < -0.39 is 17.4 Å². The Morgan fingerprint density at radius 2 is 2.04 bits per heavy atom.